The van der Waals surface area contributed by atoms with E-state index in [1.807, 2.05) is 30.3 Å². The van der Waals surface area contributed by atoms with Crippen LogP contribution in [0.3, 0.4) is 0 Å². The molecule has 1 aliphatic heterocycles. The van der Waals surface area contributed by atoms with Gasteiger partial charge in [-0.25, -0.2) is 4.98 Å². The number of rotatable bonds is 5. The van der Waals surface area contributed by atoms with Crippen molar-refractivity contribution < 1.29 is 18.5 Å². The van der Waals surface area contributed by atoms with Crippen LogP contribution in [0.4, 0.5) is 0 Å². The van der Waals surface area contributed by atoms with Gasteiger partial charge in [0.2, 0.25) is 17.6 Å². The van der Waals surface area contributed by atoms with Crippen molar-refractivity contribution in [1.82, 2.24) is 24.9 Å². The van der Waals surface area contributed by atoms with Crippen molar-refractivity contribution in [3.63, 3.8) is 0 Å². The van der Waals surface area contributed by atoms with Gasteiger partial charge in [-0.05, 0) is 19.4 Å². The van der Waals surface area contributed by atoms with Crippen LogP contribution >= 0.6 is 0 Å². The molecule has 9 heteroatoms. The predicted octanol–water partition coefficient (Wildman–Crippen LogP) is 1.77. The Morgan fingerprint density at radius 3 is 2.66 bits per heavy atom. The SMILES string of the molecule is Cc1noc(CC2C(=O)N(Cc3ccccc3)CCN2C(=O)c2ocnc2C)n1. The fourth-order valence-corrected chi connectivity index (χ4v) is 3.47. The Hall–Kier alpha value is -3.49. The monoisotopic (exact) mass is 395 g/mol. The van der Waals surface area contributed by atoms with Gasteiger partial charge >= 0.3 is 0 Å². The van der Waals surface area contributed by atoms with E-state index in [1.165, 1.54) is 11.3 Å². The zero-order chi connectivity index (χ0) is 20.4. The van der Waals surface area contributed by atoms with Gasteiger partial charge in [-0.3, -0.25) is 9.59 Å². The van der Waals surface area contributed by atoms with E-state index in [4.69, 9.17) is 8.94 Å². The van der Waals surface area contributed by atoms with E-state index in [-0.39, 0.29) is 24.0 Å². The first-order chi connectivity index (χ1) is 14.0. The maximum atomic E-state index is 13.3. The Labute approximate surface area is 167 Å². The van der Waals surface area contributed by atoms with E-state index < -0.39 is 6.04 Å². The molecule has 1 unspecified atom stereocenters. The van der Waals surface area contributed by atoms with Gasteiger partial charge < -0.3 is 18.7 Å². The molecule has 3 heterocycles. The van der Waals surface area contributed by atoms with E-state index in [1.54, 1.807) is 18.7 Å². The van der Waals surface area contributed by atoms with Gasteiger partial charge in [-0.2, -0.15) is 4.98 Å². The second kappa shape index (κ2) is 7.86. The molecule has 0 aliphatic carbocycles. The summed E-state index contributed by atoms with van der Waals surface area (Å²) in [6, 6.07) is 8.99. The number of amides is 2. The topological polar surface area (TPSA) is 106 Å². The van der Waals surface area contributed by atoms with Crippen LogP contribution in [-0.2, 0) is 17.8 Å². The van der Waals surface area contributed by atoms with Crippen LogP contribution in [0.2, 0.25) is 0 Å². The van der Waals surface area contributed by atoms with E-state index in [9.17, 15) is 9.59 Å². The van der Waals surface area contributed by atoms with Crippen molar-refractivity contribution in [1.29, 1.82) is 0 Å². The molecule has 0 N–H and O–H groups in total. The first-order valence-electron chi connectivity index (χ1n) is 9.36. The summed E-state index contributed by atoms with van der Waals surface area (Å²) in [7, 11) is 0. The smallest absolute Gasteiger partial charge is 0.292 e. The number of hydrogen-bond donors (Lipinski definition) is 0. The zero-order valence-corrected chi connectivity index (χ0v) is 16.2. The van der Waals surface area contributed by atoms with Gasteiger partial charge in [0.05, 0.1) is 12.1 Å². The highest BCUT2D eigenvalue weighted by atomic mass is 16.5. The van der Waals surface area contributed by atoms with Gasteiger partial charge in [-0.1, -0.05) is 35.5 Å². The average molecular weight is 395 g/mol. The highest BCUT2D eigenvalue weighted by Crippen LogP contribution is 2.21. The summed E-state index contributed by atoms with van der Waals surface area (Å²) in [6.07, 6.45) is 1.37. The predicted molar refractivity (Wildman–Crippen MR) is 101 cm³/mol. The highest BCUT2D eigenvalue weighted by Gasteiger charge is 2.40. The minimum atomic E-state index is -0.760. The van der Waals surface area contributed by atoms with Crippen LogP contribution in [0.1, 0.15) is 33.5 Å². The molecular weight excluding hydrogens is 374 g/mol. The molecule has 1 aliphatic rings. The number of benzene rings is 1. The number of oxazole rings is 1. The third kappa shape index (κ3) is 3.89. The minimum absolute atomic E-state index is 0.140. The standard InChI is InChI=1S/C20H21N5O4/c1-13-18(28-12-21-13)20(27)25-9-8-24(11-15-6-4-3-5-7-15)19(26)16(25)10-17-22-14(2)23-29-17/h3-7,12,16H,8-11H2,1-2H3. The Balaban J connectivity index is 1.60. The number of hydrogen-bond acceptors (Lipinski definition) is 7. The fraction of sp³-hybridized carbons (Fsp3) is 0.350. The van der Waals surface area contributed by atoms with Gasteiger partial charge in [0.1, 0.15) is 6.04 Å². The Morgan fingerprint density at radius 2 is 2.00 bits per heavy atom. The number of nitrogens with zero attached hydrogens (tertiary/aromatic N) is 5. The lowest BCUT2D eigenvalue weighted by Crippen LogP contribution is -2.59. The van der Waals surface area contributed by atoms with Crippen LogP contribution < -0.4 is 0 Å². The summed E-state index contributed by atoms with van der Waals surface area (Å²) in [4.78, 5) is 37.8. The molecule has 0 saturated carbocycles. The quantitative estimate of drug-likeness (QED) is 0.648. The molecule has 0 spiro atoms. The molecule has 0 radical (unpaired) electrons. The van der Waals surface area contributed by atoms with E-state index in [2.05, 4.69) is 15.1 Å². The molecule has 150 valence electrons. The van der Waals surface area contributed by atoms with Crippen molar-refractivity contribution in [3.05, 3.63) is 65.5 Å². The molecule has 1 saturated heterocycles. The third-order valence-corrected chi connectivity index (χ3v) is 4.94. The van der Waals surface area contributed by atoms with Crippen LogP contribution in [0.15, 0.2) is 45.7 Å². The summed E-state index contributed by atoms with van der Waals surface area (Å²) >= 11 is 0. The van der Waals surface area contributed by atoms with Gasteiger partial charge in [-0.15, -0.1) is 0 Å². The Bertz CT molecular complexity index is 1010. The van der Waals surface area contributed by atoms with Crippen molar-refractivity contribution >= 4 is 11.8 Å². The van der Waals surface area contributed by atoms with Crippen molar-refractivity contribution in [3.8, 4) is 0 Å². The normalized spacial score (nSPS) is 17.0. The zero-order valence-electron chi connectivity index (χ0n) is 16.2. The third-order valence-electron chi connectivity index (χ3n) is 4.94. The number of carbonyl (C=O) groups excluding carboxylic acids is 2. The van der Waals surface area contributed by atoms with E-state index in [0.717, 1.165) is 5.56 Å². The molecule has 4 rings (SSSR count). The summed E-state index contributed by atoms with van der Waals surface area (Å²) in [6.45, 7) is 4.67. The summed E-state index contributed by atoms with van der Waals surface area (Å²) in [5.41, 5.74) is 1.51. The second-order valence-corrected chi connectivity index (χ2v) is 6.97. The fourth-order valence-electron chi connectivity index (χ4n) is 3.47. The van der Waals surface area contributed by atoms with Crippen LogP contribution in [0.25, 0.3) is 0 Å². The van der Waals surface area contributed by atoms with Gasteiger partial charge in [0.25, 0.3) is 5.91 Å². The molecule has 1 atom stereocenters. The van der Waals surface area contributed by atoms with E-state index >= 15 is 0 Å². The molecule has 9 nitrogen and oxygen atoms in total. The average Bonchev–Trinajstić information content (AvgIpc) is 3.33. The molecule has 1 aromatic carbocycles. The lowest BCUT2D eigenvalue weighted by atomic mass is 10.1. The number of aryl methyl sites for hydroxylation is 2. The molecular formula is C20H21N5O4. The Kier molecular flexibility index (Phi) is 5.11. The lowest BCUT2D eigenvalue weighted by Gasteiger charge is -2.40. The van der Waals surface area contributed by atoms with Crippen LogP contribution in [-0.4, -0.2) is 55.9 Å². The first-order valence-corrected chi connectivity index (χ1v) is 9.36. The van der Waals surface area contributed by atoms with Crippen molar-refractivity contribution in [2.75, 3.05) is 13.1 Å². The Morgan fingerprint density at radius 1 is 1.21 bits per heavy atom. The molecule has 3 aromatic rings. The van der Waals surface area contributed by atoms with Crippen LogP contribution in [0.5, 0.6) is 0 Å². The molecule has 2 amide bonds. The molecule has 0 bridgehead atoms. The highest BCUT2D eigenvalue weighted by molar-refractivity contribution is 5.97. The van der Waals surface area contributed by atoms with Crippen LogP contribution in [0, 0.1) is 13.8 Å². The summed E-state index contributed by atoms with van der Waals surface area (Å²) < 4.78 is 10.5. The van der Waals surface area contributed by atoms with Gasteiger partial charge in [0.15, 0.2) is 12.2 Å². The van der Waals surface area contributed by atoms with Gasteiger partial charge in [0, 0.05) is 19.6 Å². The maximum Gasteiger partial charge on any atom is 0.292 e. The van der Waals surface area contributed by atoms with E-state index in [0.29, 0.717) is 37.0 Å². The number of piperazine rings is 1. The minimum Gasteiger partial charge on any atom is -0.438 e. The number of aromatic nitrogens is 3. The van der Waals surface area contributed by atoms with Crippen molar-refractivity contribution in [2.24, 2.45) is 0 Å². The summed E-state index contributed by atoms with van der Waals surface area (Å²) in [5.74, 6) is 0.402. The molecule has 1 fully saturated rings. The molecule has 2 aromatic heterocycles. The van der Waals surface area contributed by atoms with Crippen molar-refractivity contribution in [2.45, 2.75) is 32.9 Å². The largest absolute Gasteiger partial charge is 0.438 e. The summed E-state index contributed by atoms with van der Waals surface area (Å²) in [5, 5.41) is 3.78. The first kappa shape index (κ1) is 18.9. The maximum absolute atomic E-state index is 13.3. The second-order valence-electron chi connectivity index (χ2n) is 6.97. The molecule has 29 heavy (non-hydrogen) atoms. The number of carbonyl (C=O) groups is 2. The lowest BCUT2D eigenvalue weighted by molar-refractivity contribution is -0.141.